The molecule has 72 valence electrons. The van der Waals surface area contributed by atoms with Gasteiger partial charge in [-0.2, -0.15) is 0 Å². The second-order valence-electron chi connectivity index (χ2n) is 2.91. The molecule has 1 fully saturated rings. The van der Waals surface area contributed by atoms with Gasteiger partial charge in [0.05, 0.1) is 0 Å². The first-order valence-electron chi connectivity index (χ1n) is 3.89. The molecule has 0 aromatic heterocycles. The molecule has 1 heterocycles. The Labute approximate surface area is 79.3 Å². The zero-order valence-corrected chi connectivity index (χ0v) is 8.26. The van der Waals surface area contributed by atoms with Crippen molar-refractivity contribution in [3.8, 4) is 0 Å². The van der Waals surface area contributed by atoms with E-state index >= 15 is 0 Å². The predicted octanol–water partition coefficient (Wildman–Crippen LogP) is -3.42. The predicted molar refractivity (Wildman–Crippen MR) is 43.5 cm³/mol. The fourth-order valence-electron chi connectivity index (χ4n) is 1.14. The molecule has 1 rings (SSSR count). The van der Waals surface area contributed by atoms with E-state index in [0.29, 0.717) is 0 Å². The Hall–Kier alpha value is -0.480. The number of halogens is 1. The van der Waals surface area contributed by atoms with Gasteiger partial charge in [0.1, 0.15) is 0 Å². The summed E-state index contributed by atoms with van der Waals surface area (Å²) in [4.78, 5) is 14.8. The molecule has 4 nitrogen and oxygen atoms in total. The van der Waals surface area contributed by atoms with Crippen LogP contribution in [0.1, 0.15) is 0 Å². The second kappa shape index (κ2) is 5.22. The Balaban J connectivity index is 0.00000121. The average molecular weight is 193 g/mol. The van der Waals surface area contributed by atoms with Crippen molar-refractivity contribution in [1.29, 1.82) is 0 Å². The van der Waals surface area contributed by atoms with E-state index in [4.69, 9.17) is 0 Å². The Morgan fingerprint density at radius 3 is 2.25 bits per heavy atom. The zero-order valence-electron chi connectivity index (χ0n) is 7.51. The van der Waals surface area contributed by atoms with Crippen LogP contribution in [0.2, 0.25) is 0 Å². The molecule has 0 atom stereocenters. The van der Waals surface area contributed by atoms with Gasteiger partial charge in [0, 0.05) is 40.3 Å². The summed E-state index contributed by atoms with van der Waals surface area (Å²) in [7, 11) is 3.56. The van der Waals surface area contributed by atoms with E-state index in [1.165, 1.54) is 0 Å². The maximum absolute atomic E-state index is 11.3. The lowest BCUT2D eigenvalue weighted by Crippen LogP contribution is -3.00. The molecule has 0 radical (unpaired) electrons. The van der Waals surface area contributed by atoms with Crippen LogP contribution in [0.25, 0.3) is 0 Å². The number of nitrogens with one attached hydrogen (secondary N) is 1. The molecule has 12 heavy (non-hydrogen) atoms. The molecule has 0 saturated carbocycles. The number of hydrogen-bond donors (Lipinski definition) is 1. The fraction of sp³-hybridized carbons (Fsp3) is 0.857. The van der Waals surface area contributed by atoms with Gasteiger partial charge in [0.2, 0.25) is 0 Å². The van der Waals surface area contributed by atoms with Crippen LogP contribution < -0.4 is 17.7 Å². The number of amides is 2. The summed E-state index contributed by atoms with van der Waals surface area (Å²) >= 11 is 0. The number of carbonyl (C=O) groups excluding carboxylic acids is 1. The number of carbonyl (C=O) groups is 1. The van der Waals surface area contributed by atoms with E-state index in [0.717, 1.165) is 26.2 Å². The molecule has 0 aliphatic carbocycles. The summed E-state index contributed by atoms with van der Waals surface area (Å²) in [6.45, 7) is 3.49. The van der Waals surface area contributed by atoms with Crippen LogP contribution in [0.15, 0.2) is 0 Å². The van der Waals surface area contributed by atoms with Crippen molar-refractivity contribution in [1.82, 2.24) is 15.1 Å². The standard InChI is InChI=1S/C7H15N3O.ClH/c1-9(2)7(11)10-5-3-8-4-6-10;/h8H,3-6H2,1-2H3;1H/p-1. The lowest BCUT2D eigenvalue weighted by Gasteiger charge is -2.29. The Kier molecular flexibility index (Phi) is 5.01. The molecule has 0 spiro atoms. The first kappa shape index (κ1) is 11.5. The first-order chi connectivity index (χ1) is 5.22. The van der Waals surface area contributed by atoms with E-state index in [1.807, 2.05) is 4.90 Å². The van der Waals surface area contributed by atoms with E-state index < -0.39 is 0 Å². The summed E-state index contributed by atoms with van der Waals surface area (Å²) in [6, 6.07) is 0.117. The maximum Gasteiger partial charge on any atom is 0.319 e. The van der Waals surface area contributed by atoms with Gasteiger partial charge < -0.3 is 27.5 Å². The molecule has 1 aliphatic rings. The van der Waals surface area contributed by atoms with Crippen LogP contribution in [-0.2, 0) is 0 Å². The molecular weight excluding hydrogens is 178 g/mol. The van der Waals surface area contributed by atoms with Crippen LogP contribution >= 0.6 is 0 Å². The second-order valence-corrected chi connectivity index (χ2v) is 2.91. The van der Waals surface area contributed by atoms with E-state index in [2.05, 4.69) is 5.32 Å². The van der Waals surface area contributed by atoms with Crippen molar-refractivity contribution < 1.29 is 17.2 Å². The summed E-state index contributed by atoms with van der Waals surface area (Å²) < 4.78 is 0. The van der Waals surface area contributed by atoms with Crippen LogP contribution in [0.4, 0.5) is 4.79 Å². The van der Waals surface area contributed by atoms with Crippen molar-refractivity contribution in [2.75, 3.05) is 40.3 Å². The maximum atomic E-state index is 11.3. The van der Waals surface area contributed by atoms with Crippen LogP contribution in [0.3, 0.4) is 0 Å². The molecule has 0 bridgehead atoms. The summed E-state index contributed by atoms with van der Waals surface area (Å²) in [5.74, 6) is 0. The molecule has 2 amide bonds. The fourth-order valence-corrected chi connectivity index (χ4v) is 1.14. The highest BCUT2D eigenvalue weighted by Crippen LogP contribution is 1.96. The zero-order chi connectivity index (χ0) is 8.27. The van der Waals surface area contributed by atoms with Crippen molar-refractivity contribution >= 4 is 6.03 Å². The van der Waals surface area contributed by atoms with Crippen molar-refractivity contribution in [2.24, 2.45) is 0 Å². The van der Waals surface area contributed by atoms with Gasteiger partial charge in [-0.1, -0.05) is 0 Å². The van der Waals surface area contributed by atoms with Gasteiger partial charge in [0.15, 0.2) is 0 Å². The third kappa shape index (κ3) is 2.87. The monoisotopic (exact) mass is 192 g/mol. The molecule has 0 aromatic rings. The normalized spacial score (nSPS) is 16.7. The summed E-state index contributed by atoms with van der Waals surface area (Å²) in [6.07, 6.45) is 0. The van der Waals surface area contributed by atoms with Gasteiger partial charge >= 0.3 is 6.03 Å². The topological polar surface area (TPSA) is 35.6 Å². The quantitative estimate of drug-likeness (QED) is 0.434. The number of rotatable bonds is 0. The Morgan fingerprint density at radius 1 is 1.33 bits per heavy atom. The third-order valence-corrected chi connectivity index (χ3v) is 1.77. The highest BCUT2D eigenvalue weighted by Gasteiger charge is 2.16. The minimum Gasteiger partial charge on any atom is -1.00 e. The van der Waals surface area contributed by atoms with Gasteiger partial charge in [0.25, 0.3) is 0 Å². The third-order valence-electron chi connectivity index (χ3n) is 1.77. The number of nitrogens with zero attached hydrogens (tertiary/aromatic N) is 2. The molecule has 1 saturated heterocycles. The smallest absolute Gasteiger partial charge is 0.319 e. The molecule has 0 aromatic carbocycles. The molecule has 1 aliphatic heterocycles. The van der Waals surface area contributed by atoms with E-state index in [-0.39, 0.29) is 18.4 Å². The lowest BCUT2D eigenvalue weighted by atomic mass is 10.4. The number of hydrogen-bond acceptors (Lipinski definition) is 2. The molecule has 5 heteroatoms. The van der Waals surface area contributed by atoms with Gasteiger partial charge in [-0.3, -0.25) is 0 Å². The molecule has 0 unspecified atom stereocenters. The van der Waals surface area contributed by atoms with Crippen LogP contribution in [0.5, 0.6) is 0 Å². The van der Waals surface area contributed by atoms with Gasteiger partial charge in [-0.15, -0.1) is 0 Å². The Bertz CT molecular complexity index is 146. The Morgan fingerprint density at radius 2 is 1.83 bits per heavy atom. The van der Waals surface area contributed by atoms with Gasteiger partial charge in [-0.05, 0) is 0 Å². The van der Waals surface area contributed by atoms with E-state index in [9.17, 15) is 4.79 Å². The van der Waals surface area contributed by atoms with Crippen LogP contribution in [-0.4, -0.2) is 56.1 Å². The number of urea groups is 1. The largest absolute Gasteiger partial charge is 1.00 e. The molecule has 1 N–H and O–H groups in total. The average Bonchev–Trinajstić information content (AvgIpc) is 2.05. The highest BCUT2D eigenvalue weighted by atomic mass is 35.5. The SMILES string of the molecule is CN(C)C(=O)N1CCNCC1.[Cl-]. The minimum absolute atomic E-state index is 0. The summed E-state index contributed by atoms with van der Waals surface area (Å²) in [5.41, 5.74) is 0. The van der Waals surface area contributed by atoms with Crippen LogP contribution in [0, 0.1) is 0 Å². The highest BCUT2D eigenvalue weighted by molar-refractivity contribution is 5.73. The van der Waals surface area contributed by atoms with Crippen molar-refractivity contribution in [2.45, 2.75) is 0 Å². The van der Waals surface area contributed by atoms with Gasteiger partial charge in [-0.25, -0.2) is 4.79 Å². The number of piperazine rings is 1. The first-order valence-corrected chi connectivity index (χ1v) is 3.89. The lowest BCUT2D eigenvalue weighted by molar-refractivity contribution is -0.00000591. The van der Waals surface area contributed by atoms with E-state index in [1.54, 1.807) is 19.0 Å². The summed E-state index contributed by atoms with van der Waals surface area (Å²) in [5, 5.41) is 3.20. The minimum atomic E-state index is 0. The van der Waals surface area contributed by atoms with Crippen molar-refractivity contribution in [3.05, 3.63) is 0 Å². The van der Waals surface area contributed by atoms with Crippen molar-refractivity contribution in [3.63, 3.8) is 0 Å². The molecular formula is C7H15ClN3O-.